The molecule has 0 N–H and O–H groups in total. The van der Waals surface area contributed by atoms with Gasteiger partial charge in [-0.15, -0.1) is 0 Å². The average molecular weight is 262 g/mol. The first-order valence-corrected chi connectivity index (χ1v) is 4.62. The first-order chi connectivity index (χ1) is 7.76. The second-order valence-corrected chi connectivity index (χ2v) is 3.50. The van der Waals surface area contributed by atoms with E-state index in [4.69, 9.17) is 8.85 Å². The van der Waals surface area contributed by atoms with Gasteiger partial charge < -0.3 is 9.47 Å². The van der Waals surface area contributed by atoms with E-state index in [1.807, 2.05) is 0 Å². The Labute approximate surface area is 95.4 Å². The van der Waals surface area contributed by atoms with Gasteiger partial charge in [0.15, 0.2) is 0 Å². The molecule has 0 aliphatic carbocycles. The van der Waals surface area contributed by atoms with Gasteiger partial charge in [-0.1, -0.05) is 0 Å². The van der Waals surface area contributed by atoms with E-state index in [9.17, 15) is 4.79 Å². The zero-order valence-corrected chi connectivity index (χ0v) is 9.34. The molecule has 14 heavy (non-hydrogen) atoms. The molecule has 0 aliphatic rings. The van der Waals surface area contributed by atoms with Gasteiger partial charge in [0.05, 0.1) is 28.3 Å². The van der Waals surface area contributed by atoms with Gasteiger partial charge in [-0.3, -0.25) is 0 Å². The van der Waals surface area contributed by atoms with Crippen LogP contribution in [0.1, 0.15) is 20.0 Å². The van der Waals surface area contributed by atoms with Crippen molar-refractivity contribution in [1.29, 1.82) is 0 Å². The highest BCUT2D eigenvalue weighted by atomic mass is 79.9. The minimum Gasteiger partial charge on any atom is -0.495 e. The number of carbonyl (C=O) groups excluding carboxylic acids is 1. The van der Waals surface area contributed by atoms with E-state index in [1.54, 1.807) is 13.0 Å². The van der Waals surface area contributed by atoms with Crippen molar-refractivity contribution in [3.8, 4) is 5.75 Å². The largest absolute Gasteiger partial charge is 0.495 e. The molecule has 0 saturated carbocycles. The fourth-order valence-corrected chi connectivity index (χ4v) is 1.63. The fraction of sp³-hybridized carbons (Fsp3) is 0.300. The first kappa shape index (κ1) is 7.29. The van der Waals surface area contributed by atoms with E-state index in [2.05, 4.69) is 20.7 Å². The van der Waals surface area contributed by atoms with Crippen LogP contribution in [0.3, 0.4) is 0 Å². The van der Waals surface area contributed by atoms with Crippen LogP contribution in [0.15, 0.2) is 16.6 Å². The lowest BCUT2D eigenvalue weighted by atomic mass is 10.1. The lowest BCUT2D eigenvalue weighted by Gasteiger charge is -2.10. The molecule has 76 valence electrons. The summed E-state index contributed by atoms with van der Waals surface area (Å²) in [5.41, 5.74) is 0.692. The van der Waals surface area contributed by atoms with Gasteiger partial charge in [0.2, 0.25) is 0 Å². The molecular weight excluding hydrogens is 248 g/mol. The predicted octanol–water partition coefficient (Wildman–Crippen LogP) is 2.55. The van der Waals surface area contributed by atoms with E-state index in [-0.39, 0.29) is 11.3 Å². The van der Waals surface area contributed by atoms with Crippen molar-refractivity contribution in [1.82, 2.24) is 0 Å². The van der Waals surface area contributed by atoms with Gasteiger partial charge in [0.1, 0.15) is 5.75 Å². The van der Waals surface area contributed by atoms with E-state index >= 15 is 0 Å². The van der Waals surface area contributed by atoms with E-state index < -0.39 is 13.0 Å². The van der Waals surface area contributed by atoms with Crippen LogP contribution in [-0.2, 0) is 4.74 Å². The molecule has 0 fully saturated rings. The van der Waals surface area contributed by atoms with Gasteiger partial charge in [0, 0.05) is 5.56 Å². The smallest absolute Gasteiger partial charge is 0.338 e. The molecule has 3 nitrogen and oxygen atoms in total. The Morgan fingerprint density at radius 2 is 2.29 bits per heavy atom. The first-order valence-electron chi connectivity index (χ1n) is 5.32. The van der Waals surface area contributed by atoms with E-state index in [0.29, 0.717) is 10.0 Å². The lowest BCUT2D eigenvalue weighted by Crippen LogP contribution is -2.05. The van der Waals surface area contributed by atoms with Crippen LogP contribution < -0.4 is 4.74 Å². The van der Waals surface area contributed by atoms with Crippen LogP contribution in [0.5, 0.6) is 5.75 Å². The number of hydrogen-bond donors (Lipinski definition) is 0. The molecule has 0 atom stereocenters. The number of benzene rings is 1. The Kier molecular flexibility index (Phi) is 2.32. The quantitative estimate of drug-likeness (QED) is 0.768. The summed E-state index contributed by atoms with van der Waals surface area (Å²) < 4.78 is 31.1. The molecule has 0 bridgehead atoms. The van der Waals surface area contributed by atoms with Crippen molar-refractivity contribution >= 4 is 21.9 Å². The molecule has 0 radical (unpaired) electrons. The molecule has 0 saturated heterocycles. The third kappa shape index (κ3) is 1.90. The number of ether oxygens (including phenoxy) is 2. The number of esters is 1. The van der Waals surface area contributed by atoms with Crippen molar-refractivity contribution < 1.29 is 18.4 Å². The van der Waals surface area contributed by atoms with Crippen LogP contribution in [0.2, 0.25) is 0 Å². The standard InChI is InChI=1S/C10H11BrO3/c1-6-7(10(12)14-3)4-5-8(11)9(6)13-2/h4-5H,1-3H3/i2D3. The Bertz CT molecular complexity index is 443. The third-order valence-corrected chi connectivity index (χ3v) is 2.49. The van der Waals surface area contributed by atoms with Gasteiger partial charge in [0.25, 0.3) is 0 Å². The monoisotopic (exact) mass is 261 g/mol. The number of rotatable bonds is 2. The summed E-state index contributed by atoms with van der Waals surface area (Å²) in [6.07, 6.45) is 0. The van der Waals surface area contributed by atoms with Crippen molar-refractivity contribution in [2.45, 2.75) is 6.92 Å². The molecule has 1 aromatic rings. The molecule has 1 aromatic carbocycles. The maximum Gasteiger partial charge on any atom is 0.338 e. The lowest BCUT2D eigenvalue weighted by molar-refractivity contribution is 0.0599. The normalized spacial score (nSPS) is 13.8. The molecule has 0 unspecified atom stereocenters. The fourth-order valence-electron chi connectivity index (χ4n) is 1.12. The van der Waals surface area contributed by atoms with Gasteiger partial charge >= 0.3 is 5.97 Å². The average Bonchev–Trinajstić information content (AvgIpc) is 2.22. The van der Waals surface area contributed by atoms with Gasteiger partial charge in [-0.2, -0.15) is 0 Å². The summed E-state index contributed by atoms with van der Waals surface area (Å²) in [6.45, 7) is 1.60. The molecule has 0 aliphatic heterocycles. The van der Waals surface area contributed by atoms with Crippen molar-refractivity contribution in [2.75, 3.05) is 14.1 Å². The molecule has 1 rings (SSSR count). The SMILES string of the molecule is [2H]C([2H])([2H])Oc1c(Br)ccc(C(=O)OC)c1C. The van der Waals surface area contributed by atoms with Gasteiger partial charge in [-0.05, 0) is 35.0 Å². The number of halogens is 1. The van der Waals surface area contributed by atoms with E-state index in [1.165, 1.54) is 13.2 Å². The van der Waals surface area contributed by atoms with Crippen LogP contribution in [-0.4, -0.2) is 20.1 Å². The predicted molar refractivity (Wildman–Crippen MR) is 56.8 cm³/mol. The Hall–Kier alpha value is -1.03. The number of methoxy groups -OCH3 is 2. The molecule has 0 heterocycles. The minimum absolute atomic E-state index is 0.118. The molecule has 4 heteroatoms. The zero-order chi connectivity index (χ0) is 13.2. The number of hydrogen-bond acceptors (Lipinski definition) is 3. The maximum absolute atomic E-state index is 11.4. The van der Waals surface area contributed by atoms with Crippen LogP contribution in [0, 0.1) is 6.92 Å². The summed E-state index contributed by atoms with van der Waals surface area (Å²) in [6, 6.07) is 3.08. The van der Waals surface area contributed by atoms with Crippen LogP contribution in [0.4, 0.5) is 0 Å². The van der Waals surface area contributed by atoms with Crippen molar-refractivity contribution in [3.05, 3.63) is 27.7 Å². The van der Waals surface area contributed by atoms with Crippen LogP contribution in [0.25, 0.3) is 0 Å². The Morgan fingerprint density at radius 3 is 2.86 bits per heavy atom. The third-order valence-electron chi connectivity index (χ3n) is 1.87. The molecular formula is C10H11BrO3. The highest BCUT2D eigenvalue weighted by molar-refractivity contribution is 9.10. The van der Waals surface area contributed by atoms with Crippen LogP contribution >= 0.6 is 15.9 Å². The molecule has 0 spiro atoms. The number of carbonyl (C=O) groups is 1. The maximum atomic E-state index is 11.4. The second-order valence-electron chi connectivity index (χ2n) is 2.64. The van der Waals surface area contributed by atoms with E-state index in [0.717, 1.165) is 0 Å². The summed E-state index contributed by atoms with van der Waals surface area (Å²) in [7, 11) is -1.31. The molecule has 0 aromatic heterocycles. The molecule has 0 amide bonds. The highest BCUT2D eigenvalue weighted by Gasteiger charge is 2.14. The highest BCUT2D eigenvalue weighted by Crippen LogP contribution is 2.30. The minimum atomic E-state index is -2.57. The summed E-state index contributed by atoms with van der Waals surface area (Å²) in [5, 5.41) is 0. The summed E-state index contributed by atoms with van der Waals surface area (Å²) in [5.74, 6) is -0.418. The zero-order valence-electron chi connectivity index (χ0n) is 10.8. The Morgan fingerprint density at radius 1 is 1.57 bits per heavy atom. The van der Waals surface area contributed by atoms with Crippen molar-refractivity contribution in [3.63, 3.8) is 0 Å². The summed E-state index contributed by atoms with van der Waals surface area (Å²) in [4.78, 5) is 11.4. The van der Waals surface area contributed by atoms with Crippen molar-refractivity contribution in [2.24, 2.45) is 0 Å². The summed E-state index contributed by atoms with van der Waals surface area (Å²) >= 11 is 3.18. The topological polar surface area (TPSA) is 35.5 Å². The Balaban J connectivity index is 3.25. The van der Waals surface area contributed by atoms with Gasteiger partial charge in [-0.25, -0.2) is 4.79 Å². The second kappa shape index (κ2) is 4.46.